The lowest BCUT2D eigenvalue weighted by Gasteiger charge is -2.11. The maximum Gasteiger partial charge on any atom is 0.335 e. The van der Waals surface area contributed by atoms with Gasteiger partial charge in [-0.1, -0.05) is 12.1 Å². The molecule has 29 heavy (non-hydrogen) atoms. The van der Waals surface area contributed by atoms with Crippen molar-refractivity contribution in [1.29, 1.82) is 0 Å². The molecule has 0 radical (unpaired) electrons. The van der Waals surface area contributed by atoms with Gasteiger partial charge in [-0.25, -0.2) is 22.9 Å². The third-order valence-electron chi connectivity index (χ3n) is 3.82. The number of nitrogens with zero attached hydrogens (tertiary/aromatic N) is 1. The second-order valence-electron chi connectivity index (χ2n) is 5.87. The van der Waals surface area contributed by atoms with Crippen LogP contribution in [0.15, 0.2) is 54.7 Å². The highest BCUT2D eigenvalue weighted by atomic mass is 19.2. The van der Waals surface area contributed by atoms with Crippen molar-refractivity contribution in [1.82, 2.24) is 10.3 Å². The average molecular weight is 402 g/mol. The number of rotatable bonds is 6. The number of carboxylic acid groups (broad SMARTS) is 1. The van der Waals surface area contributed by atoms with Crippen LogP contribution in [-0.4, -0.2) is 22.0 Å². The van der Waals surface area contributed by atoms with E-state index in [1.54, 1.807) is 0 Å². The van der Waals surface area contributed by atoms with Crippen LogP contribution < -0.4 is 10.1 Å². The van der Waals surface area contributed by atoms with E-state index in [1.807, 2.05) is 0 Å². The number of carbonyl (C=O) groups excluding carboxylic acids is 1. The fourth-order valence-electron chi connectivity index (χ4n) is 2.37. The highest BCUT2D eigenvalue weighted by Crippen LogP contribution is 2.25. The van der Waals surface area contributed by atoms with Gasteiger partial charge in [0.15, 0.2) is 11.6 Å². The molecule has 0 aliphatic heterocycles. The summed E-state index contributed by atoms with van der Waals surface area (Å²) in [5.74, 6) is -5.24. The summed E-state index contributed by atoms with van der Waals surface area (Å²) in [7, 11) is 0. The number of aromatic carboxylic acids is 1. The summed E-state index contributed by atoms with van der Waals surface area (Å²) in [6, 6.07) is 9.44. The van der Waals surface area contributed by atoms with Gasteiger partial charge in [-0.05, 0) is 35.9 Å². The van der Waals surface area contributed by atoms with Gasteiger partial charge < -0.3 is 15.2 Å². The Hall–Kier alpha value is -3.88. The number of ether oxygens (including phenoxy) is 1. The molecule has 0 atom stereocenters. The molecule has 0 aliphatic carbocycles. The SMILES string of the molecule is O=C(O)c1ccc(CNC(=O)c2cc(F)cnc2Oc2ccc(F)c(F)c2)cc1. The second-order valence-corrected chi connectivity index (χ2v) is 5.87. The summed E-state index contributed by atoms with van der Waals surface area (Å²) < 4.78 is 45.3. The van der Waals surface area contributed by atoms with Gasteiger partial charge in [-0.3, -0.25) is 4.79 Å². The highest BCUT2D eigenvalue weighted by molar-refractivity contribution is 5.96. The number of carboxylic acids is 1. The summed E-state index contributed by atoms with van der Waals surface area (Å²) in [4.78, 5) is 27.0. The van der Waals surface area contributed by atoms with Gasteiger partial charge in [-0.15, -0.1) is 0 Å². The molecule has 0 aliphatic rings. The third kappa shape index (κ3) is 4.89. The number of benzene rings is 2. The lowest BCUT2D eigenvalue weighted by atomic mass is 10.1. The minimum Gasteiger partial charge on any atom is -0.478 e. The van der Waals surface area contributed by atoms with Crippen molar-refractivity contribution in [3.05, 3.63) is 88.9 Å². The Morgan fingerprint density at radius 1 is 1.00 bits per heavy atom. The maximum absolute atomic E-state index is 13.6. The molecule has 2 aromatic carbocycles. The van der Waals surface area contributed by atoms with Crippen molar-refractivity contribution in [2.24, 2.45) is 0 Å². The van der Waals surface area contributed by atoms with Gasteiger partial charge in [0, 0.05) is 12.6 Å². The van der Waals surface area contributed by atoms with Crippen LogP contribution in [0.3, 0.4) is 0 Å². The summed E-state index contributed by atoms with van der Waals surface area (Å²) in [5, 5.41) is 11.4. The lowest BCUT2D eigenvalue weighted by molar-refractivity contribution is 0.0696. The number of pyridine rings is 1. The number of aromatic nitrogens is 1. The number of hydrogen-bond donors (Lipinski definition) is 2. The van der Waals surface area contributed by atoms with Crippen LogP contribution in [0, 0.1) is 17.5 Å². The summed E-state index contributed by atoms with van der Waals surface area (Å²) >= 11 is 0. The molecule has 0 unspecified atom stereocenters. The minimum atomic E-state index is -1.15. The van der Waals surface area contributed by atoms with E-state index in [0.29, 0.717) is 5.56 Å². The normalized spacial score (nSPS) is 10.4. The number of halogens is 3. The fraction of sp³-hybridized carbons (Fsp3) is 0.0500. The molecule has 3 aromatic rings. The zero-order valence-electron chi connectivity index (χ0n) is 14.7. The lowest BCUT2D eigenvalue weighted by Crippen LogP contribution is -2.23. The predicted molar refractivity (Wildman–Crippen MR) is 95.2 cm³/mol. The van der Waals surface area contributed by atoms with Gasteiger partial charge in [-0.2, -0.15) is 0 Å². The van der Waals surface area contributed by atoms with Crippen LogP contribution in [0.4, 0.5) is 13.2 Å². The zero-order chi connectivity index (χ0) is 21.0. The van der Waals surface area contributed by atoms with Crippen molar-refractivity contribution in [3.63, 3.8) is 0 Å². The maximum atomic E-state index is 13.6. The van der Waals surface area contributed by atoms with Crippen molar-refractivity contribution >= 4 is 11.9 Å². The summed E-state index contributed by atoms with van der Waals surface area (Å²) in [6.45, 7) is 0.0276. The van der Waals surface area contributed by atoms with Gasteiger partial charge >= 0.3 is 5.97 Å². The summed E-state index contributed by atoms with van der Waals surface area (Å²) in [5.41, 5.74) is 0.448. The van der Waals surface area contributed by atoms with E-state index in [-0.39, 0.29) is 29.3 Å². The van der Waals surface area contributed by atoms with Crippen LogP contribution in [0.1, 0.15) is 26.3 Å². The van der Waals surface area contributed by atoms with E-state index in [0.717, 1.165) is 30.5 Å². The second kappa shape index (κ2) is 8.42. The Kier molecular flexibility index (Phi) is 5.77. The van der Waals surface area contributed by atoms with Crippen molar-refractivity contribution in [3.8, 4) is 11.6 Å². The first-order chi connectivity index (χ1) is 13.8. The molecular weight excluding hydrogens is 389 g/mol. The molecule has 0 saturated heterocycles. The van der Waals surface area contributed by atoms with E-state index in [1.165, 1.54) is 24.3 Å². The molecule has 3 rings (SSSR count). The number of nitrogens with one attached hydrogen (secondary N) is 1. The molecule has 9 heteroatoms. The Labute approximate surface area is 162 Å². The van der Waals surface area contributed by atoms with E-state index >= 15 is 0 Å². The minimum absolute atomic E-state index is 0.0276. The first-order valence-corrected chi connectivity index (χ1v) is 8.22. The molecule has 1 aromatic heterocycles. The Morgan fingerprint density at radius 2 is 1.72 bits per heavy atom. The average Bonchev–Trinajstić information content (AvgIpc) is 2.70. The molecule has 0 bridgehead atoms. The fourth-order valence-corrected chi connectivity index (χ4v) is 2.37. The van der Waals surface area contributed by atoms with E-state index in [9.17, 15) is 22.8 Å². The van der Waals surface area contributed by atoms with E-state index in [4.69, 9.17) is 9.84 Å². The van der Waals surface area contributed by atoms with E-state index in [2.05, 4.69) is 10.3 Å². The molecule has 1 amide bonds. The van der Waals surface area contributed by atoms with Crippen LogP contribution in [0.25, 0.3) is 0 Å². The molecule has 0 spiro atoms. The van der Waals surface area contributed by atoms with Crippen molar-refractivity contribution in [2.75, 3.05) is 0 Å². The summed E-state index contributed by atoms with van der Waals surface area (Å²) in [6.07, 6.45) is 0.816. The van der Waals surface area contributed by atoms with Crippen molar-refractivity contribution < 1.29 is 32.6 Å². The van der Waals surface area contributed by atoms with Gasteiger partial charge in [0.2, 0.25) is 5.88 Å². The third-order valence-corrected chi connectivity index (χ3v) is 3.82. The van der Waals surface area contributed by atoms with Crippen molar-refractivity contribution in [2.45, 2.75) is 6.54 Å². The van der Waals surface area contributed by atoms with Gasteiger partial charge in [0.25, 0.3) is 5.91 Å². The quantitative estimate of drug-likeness (QED) is 0.653. The monoisotopic (exact) mass is 402 g/mol. The highest BCUT2D eigenvalue weighted by Gasteiger charge is 2.17. The van der Waals surface area contributed by atoms with Gasteiger partial charge in [0.1, 0.15) is 17.1 Å². The smallest absolute Gasteiger partial charge is 0.335 e. The van der Waals surface area contributed by atoms with Crippen LogP contribution >= 0.6 is 0 Å². The van der Waals surface area contributed by atoms with Crippen LogP contribution in [-0.2, 0) is 6.54 Å². The van der Waals surface area contributed by atoms with E-state index < -0.39 is 29.3 Å². The van der Waals surface area contributed by atoms with Gasteiger partial charge in [0.05, 0.1) is 11.8 Å². The topological polar surface area (TPSA) is 88.5 Å². The molecule has 1 heterocycles. The number of hydrogen-bond acceptors (Lipinski definition) is 4. The molecule has 6 nitrogen and oxygen atoms in total. The molecule has 0 saturated carbocycles. The first kappa shape index (κ1) is 19.9. The first-order valence-electron chi connectivity index (χ1n) is 8.22. The molecule has 2 N–H and O–H groups in total. The van der Waals surface area contributed by atoms with Crippen LogP contribution in [0.5, 0.6) is 11.6 Å². The zero-order valence-corrected chi connectivity index (χ0v) is 14.7. The largest absolute Gasteiger partial charge is 0.478 e. The standard InChI is InChI=1S/C20H13F3N2O4/c21-13-7-15(18(26)24-9-11-1-3-12(4-2-11)20(27)28)19(25-10-13)29-14-5-6-16(22)17(23)8-14/h1-8,10H,9H2,(H,24,26)(H,27,28). The number of carbonyl (C=O) groups is 2. The molecule has 148 valence electrons. The van der Waals surface area contributed by atoms with Crippen LogP contribution in [0.2, 0.25) is 0 Å². The Morgan fingerprint density at radius 3 is 2.38 bits per heavy atom. The predicted octanol–water partition coefficient (Wildman–Crippen LogP) is 3.92. The Bertz CT molecular complexity index is 1070. The Balaban J connectivity index is 1.76. The molecule has 0 fully saturated rings. The molecular formula is C20H13F3N2O4. The number of amides is 1.